The first kappa shape index (κ1) is 24.1. The molecule has 2 heterocycles. The predicted molar refractivity (Wildman–Crippen MR) is 134 cm³/mol. The summed E-state index contributed by atoms with van der Waals surface area (Å²) >= 11 is 0. The van der Waals surface area contributed by atoms with Crippen LogP contribution in [0.2, 0.25) is 0 Å². The molecule has 190 valence electrons. The first-order valence-corrected chi connectivity index (χ1v) is 11.9. The largest absolute Gasteiger partial charge is 0.493 e. The molecular weight excluding hydrogens is 478 g/mol. The Kier molecular flexibility index (Phi) is 6.63. The van der Waals surface area contributed by atoms with Crippen LogP contribution in [-0.2, 0) is 6.61 Å². The third-order valence-electron chi connectivity index (χ3n) is 6.55. The minimum absolute atomic E-state index is 0.174. The van der Waals surface area contributed by atoms with Gasteiger partial charge in [-0.05, 0) is 30.5 Å². The van der Waals surface area contributed by atoms with Gasteiger partial charge in [0.1, 0.15) is 6.61 Å². The Morgan fingerprint density at radius 1 is 1.05 bits per heavy atom. The van der Waals surface area contributed by atoms with Crippen molar-refractivity contribution >= 4 is 23.4 Å². The fourth-order valence-electron chi connectivity index (χ4n) is 4.72. The number of fused-ring (bicyclic) bond motifs is 2. The molecule has 0 N–H and O–H groups in total. The maximum atomic E-state index is 13.5. The number of nitrogens with zero attached hydrogens (tertiary/aromatic N) is 3. The first-order valence-electron chi connectivity index (χ1n) is 11.9. The van der Waals surface area contributed by atoms with Crippen molar-refractivity contribution in [3.63, 3.8) is 0 Å². The number of ether oxygens (including phenoxy) is 3. The molecule has 5 rings (SSSR count). The normalized spacial score (nSPS) is 16.5. The van der Waals surface area contributed by atoms with Gasteiger partial charge in [0.05, 0.1) is 29.3 Å². The molecule has 2 aliphatic heterocycles. The summed E-state index contributed by atoms with van der Waals surface area (Å²) in [5.74, 6) is 0.314. The number of methoxy groups -OCH3 is 1. The van der Waals surface area contributed by atoms with Crippen LogP contribution < -0.4 is 19.1 Å². The van der Waals surface area contributed by atoms with Gasteiger partial charge in [0, 0.05) is 25.2 Å². The zero-order valence-electron chi connectivity index (χ0n) is 20.2. The maximum Gasteiger partial charge on any atom is 0.420 e. The number of carbonyl (C=O) groups is 2. The number of anilines is 1. The number of carbonyl (C=O) groups excluding carboxylic acids is 2. The fourth-order valence-corrected chi connectivity index (χ4v) is 4.72. The minimum atomic E-state index is -0.823. The zero-order valence-corrected chi connectivity index (χ0v) is 20.2. The van der Waals surface area contributed by atoms with Crippen LogP contribution in [0.25, 0.3) is 0 Å². The second-order valence-corrected chi connectivity index (χ2v) is 8.79. The van der Waals surface area contributed by atoms with E-state index in [2.05, 4.69) is 0 Å². The van der Waals surface area contributed by atoms with Gasteiger partial charge >= 0.3 is 11.8 Å². The Morgan fingerprint density at radius 3 is 2.57 bits per heavy atom. The van der Waals surface area contributed by atoms with E-state index in [1.165, 1.54) is 30.2 Å². The number of amides is 2. The van der Waals surface area contributed by atoms with Crippen molar-refractivity contribution in [2.75, 3.05) is 25.1 Å². The summed E-state index contributed by atoms with van der Waals surface area (Å²) in [5, 5.41) is 11.4. The van der Waals surface area contributed by atoms with E-state index < -0.39 is 11.0 Å². The maximum absolute atomic E-state index is 13.5. The molecule has 1 fully saturated rings. The molecule has 2 amide bonds. The molecular formula is C27H25N3O7. The highest BCUT2D eigenvalue weighted by molar-refractivity contribution is 6.06. The smallest absolute Gasteiger partial charge is 0.420 e. The van der Waals surface area contributed by atoms with Crippen molar-refractivity contribution in [2.45, 2.75) is 25.5 Å². The Hall–Kier alpha value is -4.60. The van der Waals surface area contributed by atoms with Gasteiger partial charge in [0.25, 0.3) is 5.91 Å². The van der Waals surface area contributed by atoms with Crippen LogP contribution in [0.5, 0.6) is 17.2 Å². The third-order valence-corrected chi connectivity index (χ3v) is 6.55. The van der Waals surface area contributed by atoms with Crippen molar-refractivity contribution in [3.8, 4) is 17.2 Å². The lowest BCUT2D eigenvalue weighted by Crippen LogP contribution is -2.43. The number of nitro benzene ring substituents is 1. The second kappa shape index (κ2) is 10.2. The molecule has 0 unspecified atom stereocenters. The lowest BCUT2D eigenvalue weighted by Gasteiger charge is -2.26. The van der Waals surface area contributed by atoms with Gasteiger partial charge in [-0.2, -0.15) is 0 Å². The highest BCUT2D eigenvalue weighted by Gasteiger charge is 2.40. The van der Waals surface area contributed by atoms with E-state index in [0.29, 0.717) is 23.7 Å². The van der Waals surface area contributed by atoms with Gasteiger partial charge in [-0.25, -0.2) is 4.79 Å². The molecule has 10 nitrogen and oxygen atoms in total. The van der Waals surface area contributed by atoms with Gasteiger partial charge in [0.2, 0.25) is 5.75 Å². The number of benzene rings is 3. The first-order chi connectivity index (χ1) is 18.0. The lowest BCUT2D eigenvalue weighted by atomic mass is 10.1. The average molecular weight is 504 g/mol. The molecule has 0 aromatic heterocycles. The van der Waals surface area contributed by atoms with Crippen LogP contribution in [0.3, 0.4) is 0 Å². The van der Waals surface area contributed by atoms with E-state index in [1.54, 1.807) is 23.1 Å². The number of rotatable bonds is 6. The van der Waals surface area contributed by atoms with E-state index in [0.717, 1.165) is 18.4 Å². The third kappa shape index (κ3) is 4.77. The summed E-state index contributed by atoms with van der Waals surface area (Å²) in [6.07, 6.45) is 0.716. The van der Waals surface area contributed by atoms with E-state index in [4.69, 9.17) is 14.2 Å². The number of hydrogen-bond donors (Lipinski definition) is 0. The van der Waals surface area contributed by atoms with Crippen molar-refractivity contribution in [2.24, 2.45) is 0 Å². The second-order valence-electron chi connectivity index (χ2n) is 8.79. The highest BCUT2D eigenvalue weighted by Crippen LogP contribution is 2.40. The summed E-state index contributed by atoms with van der Waals surface area (Å²) < 4.78 is 17.1. The average Bonchev–Trinajstić information content (AvgIpc) is 3.35. The van der Waals surface area contributed by atoms with Gasteiger partial charge in [-0.1, -0.05) is 42.5 Å². The van der Waals surface area contributed by atoms with Crippen molar-refractivity contribution in [1.82, 2.24) is 4.90 Å². The molecule has 0 spiro atoms. The topological polar surface area (TPSA) is 111 Å². The summed E-state index contributed by atoms with van der Waals surface area (Å²) in [5.41, 5.74) is 1.18. The quantitative estimate of drug-likeness (QED) is 0.351. The minimum Gasteiger partial charge on any atom is -0.493 e. The van der Waals surface area contributed by atoms with Crippen LogP contribution in [0.15, 0.2) is 66.7 Å². The van der Waals surface area contributed by atoms with Gasteiger partial charge < -0.3 is 19.1 Å². The van der Waals surface area contributed by atoms with Gasteiger partial charge in [0.15, 0.2) is 11.5 Å². The fraction of sp³-hybridized carbons (Fsp3) is 0.259. The molecule has 0 aliphatic carbocycles. The monoisotopic (exact) mass is 503 g/mol. The Morgan fingerprint density at radius 2 is 1.81 bits per heavy atom. The molecule has 0 bridgehead atoms. The van der Waals surface area contributed by atoms with Crippen molar-refractivity contribution in [3.05, 3.63) is 88.0 Å². The molecule has 3 aromatic carbocycles. The zero-order chi connectivity index (χ0) is 25.9. The summed E-state index contributed by atoms with van der Waals surface area (Å²) in [6.45, 7) is 1.01. The van der Waals surface area contributed by atoms with E-state index in [1.807, 2.05) is 30.3 Å². The Balaban J connectivity index is 1.54. The number of para-hydroxylation sites is 2. The number of nitro groups is 1. The van der Waals surface area contributed by atoms with Crippen LogP contribution in [0.1, 0.15) is 28.8 Å². The highest BCUT2D eigenvalue weighted by atomic mass is 16.6. The SMILES string of the molecule is COc1cc2c(cc1OCc1ccccc1)N(C(=O)Oc1ccccc1[N+](=O)[O-])C[C@@H]1CCCN1C2=O. The lowest BCUT2D eigenvalue weighted by molar-refractivity contribution is -0.385. The molecule has 37 heavy (non-hydrogen) atoms. The van der Waals surface area contributed by atoms with Crippen LogP contribution in [-0.4, -0.2) is 48.1 Å². The standard InChI is InChI=1S/C27H25N3O7/c1-35-24-14-20-22(15-25(24)36-17-18-8-3-2-4-9-18)29(16-19-10-7-13-28(19)26(20)31)27(32)37-23-12-6-5-11-21(23)30(33)34/h2-6,8-9,11-12,14-15,19H,7,10,13,16-17H2,1H3/t19-/m0/s1. The van der Waals surface area contributed by atoms with Crippen molar-refractivity contribution in [1.29, 1.82) is 0 Å². The molecule has 0 saturated carbocycles. The van der Waals surface area contributed by atoms with Crippen LogP contribution in [0.4, 0.5) is 16.2 Å². The summed E-state index contributed by atoms with van der Waals surface area (Å²) in [4.78, 5) is 40.9. The molecule has 1 saturated heterocycles. The molecule has 1 atom stereocenters. The van der Waals surface area contributed by atoms with Crippen LogP contribution >= 0.6 is 0 Å². The van der Waals surface area contributed by atoms with E-state index in [-0.39, 0.29) is 42.1 Å². The molecule has 10 heteroatoms. The molecule has 3 aromatic rings. The molecule has 0 radical (unpaired) electrons. The Labute approximate surface area is 213 Å². The predicted octanol–water partition coefficient (Wildman–Crippen LogP) is 4.81. The van der Waals surface area contributed by atoms with E-state index >= 15 is 0 Å². The Bertz CT molecular complexity index is 1350. The molecule has 2 aliphatic rings. The van der Waals surface area contributed by atoms with E-state index in [9.17, 15) is 19.7 Å². The summed E-state index contributed by atoms with van der Waals surface area (Å²) in [6, 6.07) is 18.2. The van der Waals surface area contributed by atoms with Crippen LogP contribution in [0, 0.1) is 10.1 Å². The van der Waals surface area contributed by atoms with Crippen molar-refractivity contribution < 1.29 is 28.7 Å². The van der Waals surface area contributed by atoms with Gasteiger partial charge in [-0.15, -0.1) is 0 Å². The van der Waals surface area contributed by atoms with Gasteiger partial charge in [-0.3, -0.25) is 19.8 Å². The number of hydrogen-bond acceptors (Lipinski definition) is 7. The summed E-state index contributed by atoms with van der Waals surface area (Å²) in [7, 11) is 1.48.